The molecule has 2 heterocycles. The zero-order valence-electron chi connectivity index (χ0n) is 14.7. The van der Waals surface area contributed by atoms with Crippen LogP contribution in [0, 0.1) is 12.8 Å². The lowest BCUT2D eigenvalue weighted by Gasteiger charge is -2.16. The third kappa shape index (κ3) is 5.53. The fourth-order valence-electron chi connectivity index (χ4n) is 3.07. The van der Waals surface area contributed by atoms with Crippen molar-refractivity contribution in [3.63, 3.8) is 0 Å². The largest absolute Gasteiger partial charge is 0.493 e. The van der Waals surface area contributed by atoms with Gasteiger partial charge in [0.05, 0.1) is 25.8 Å². The number of benzene rings is 1. The summed E-state index contributed by atoms with van der Waals surface area (Å²) in [4.78, 5) is 12.1. The van der Waals surface area contributed by atoms with Crippen LogP contribution in [0.1, 0.15) is 24.0 Å². The molecule has 1 aromatic rings. The van der Waals surface area contributed by atoms with Gasteiger partial charge in [-0.3, -0.25) is 10.1 Å². The molecule has 0 aromatic heterocycles. The zero-order valence-corrected chi connectivity index (χ0v) is 15.5. The highest BCUT2D eigenvalue weighted by atomic mass is 35.5. The standard InChI is InChI=1S/C18H24F2N2O3.ClH/c1-12-2-3-14(16(6-12)25-10-13-4-5-24-9-13)8-21-17(23)15-7-18(19,20)11-22-15;/h2-3,6,13,15,22H,4-5,7-11H2,1H3,(H,21,23);1H. The Morgan fingerprint density at radius 2 is 2.27 bits per heavy atom. The van der Waals surface area contributed by atoms with Gasteiger partial charge in [0.1, 0.15) is 5.75 Å². The molecule has 1 amide bonds. The van der Waals surface area contributed by atoms with E-state index in [1.54, 1.807) is 0 Å². The maximum atomic E-state index is 13.2. The van der Waals surface area contributed by atoms with E-state index in [2.05, 4.69) is 10.6 Å². The predicted octanol–water partition coefficient (Wildman–Crippen LogP) is 2.45. The summed E-state index contributed by atoms with van der Waals surface area (Å²) in [5.74, 6) is -2.12. The van der Waals surface area contributed by atoms with Gasteiger partial charge >= 0.3 is 0 Å². The third-order valence-electron chi connectivity index (χ3n) is 4.60. The molecule has 2 aliphatic heterocycles. The summed E-state index contributed by atoms with van der Waals surface area (Å²) in [5.41, 5.74) is 1.90. The molecule has 8 heteroatoms. The van der Waals surface area contributed by atoms with E-state index in [1.807, 2.05) is 25.1 Å². The number of aryl methyl sites for hydroxylation is 1. The molecule has 2 aliphatic rings. The molecule has 2 atom stereocenters. The van der Waals surface area contributed by atoms with Crippen molar-refractivity contribution in [3.8, 4) is 5.75 Å². The summed E-state index contributed by atoms with van der Waals surface area (Å²) in [6.07, 6.45) is 0.525. The van der Waals surface area contributed by atoms with Gasteiger partial charge in [-0.1, -0.05) is 12.1 Å². The molecule has 0 radical (unpaired) electrons. The van der Waals surface area contributed by atoms with Crippen molar-refractivity contribution in [1.82, 2.24) is 10.6 Å². The minimum absolute atomic E-state index is 0. The number of hydrogen-bond acceptors (Lipinski definition) is 4. The first-order chi connectivity index (χ1) is 11.9. The molecule has 2 unspecified atom stereocenters. The lowest BCUT2D eigenvalue weighted by molar-refractivity contribution is -0.123. The minimum Gasteiger partial charge on any atom is -0.493 e. The molecule has 5 nitrogen and oxygen atoms in total. The maximum Gasteiger partial charge on any atom is 0.262 e. The summed E-state index contributed by atoms with van der Waals surface area (Å²) in [7, 11) is 0. The summed E-state index contributed by atoms with van der Waals surface area (Å²) in [5, 5.41) is 5.29. The summed E-state index contributed by atoms with van der Waals surface area (Å²) < 4.78 is 37.7. The van der Waals surface area contributed by atoms with E-state index in [9.17, 15) is 13.6 Å². The monoisotopic (exact) mass is 390 g/mol. The van der Waals surface area contributed by atoms with Crippen LogP contribution >= 0.6 is 12.4 Å². The first-order valence-electron chi connectivity index (χ1n) is 8.62. The normalized spacial score (nSPS) is 24.1. The van der Waals surface area contributed by atoms with Crippen LogP contribution in [0.5, 0.6) is 5.75 Å². The van der Waals surface area contributed by atoms with E-state index in [0.29, 0.717) is 19.1 Å². The van der Waals surface area contributed by atoms with Crippen LogP contribution in [-0.2, 0) is 16.1 Å². The van der Waals surface area contributed by atoms with Crippen molar-refractivity contribution in [2.45, 2.75) is 38.3 Å². The highest BCUT2D eigenvalue weighted by Crippen LogP contribution is 2.26. The van der Waals surface area contributed by atoms with E-state index in [1.165, 1.54) is 0 Å². The molecule has 2 N–H and O–H groups in total. The van der Waals surface area contributed by atoms with E-state index in [-0.39, 0.29) is 19.0 Å². The Morgan fingerprint density at radius 1 is 1.46 bits per heavy atom. The SMILES string of the molecule is Cc1ccc(CNC(=O)C2CC(F)(F)CN2)c(OCC2CCOC2)c1.Cl. The lowest BCUT2D eigenvalue weighted by atomic mass is 10.1. The first-order valence-corrected chi connectivity index (χ1v) is 8.62. The lowest BCUT2D eigenvalue weighted by Crippen LogP contribution is -2.40. The quantitative estimate of drug-likeness (QED) is 0.783. The molecular weight excluding hydrogens is 366 g/mol. The number of hydrogen-bond donors (Lipinski definition) is 2. The van der Waals surface area contributed by atoms with Crippen molar-refractivity contribution >= 4 is 18.3 Å². The first kappa shape index (κ1) is 20.9. The van der Waals surface area contributed by atoms with Crippen molar-refractivity contribution in [2.24, 2.45) is 5.92 Å². The molecule has 2 fully saturated rings. The molecule has 0 bridgehead atoms. The van der Waals surface area contributed by atoms with Gasteiger partial charge in [0, 0.05) is 31.1 Å². The number of rotatable bonds is 6. The van der Waals surface area contributed by atoms with Crippen molar-refractivity contribution in [2.75, 3.05) is 26.4 Å². The van der Waals surface area contributed by atoms with Gasteiger partial charge in [0.15, 0.2) is 0 Å². The van der Waals surface area contributed by atoms with Crippen LogP contribution in [0.3, 0.4) is 0 Å². The highest BCUT2D eigenvalue weighted by Gasteiger charge is 2.42. The molecule has 1 aromatic carbocycles. The number of halogens is 3. The number of nitrogens with one attached hydrogen (secondary N) is 2. The van der Waals surface area contributed by atoms with Gasteiger partial charge in [-0.15, -0.1) is 12.4 Å². The van der Waals surface area contributed by atoms with E-state index >= 15 is 0 Å². The fourth-order valence-corrected chi connectivity index (χ4v) is 3.07. The molecule has 146 valence electrons. The van der Waals surface area contributed by atoms with Crippen LogP contribution in [-0.4, -0.2) is 44.2 Å². The molecule has 3 rings (SSSR count). The number of amides is 1. The summed E-state index contributed by atoms with van der Waals surface area (Å²) in [6, 6.07) is 4.92. The Bertz CT molecular complexity index is 624. The average Bonchev–Trinajstić information content (AvgIpc) is 3.21. The second kappa shape index (κ2) is 8.97. The Labute approximate surface area is 158 Å². The summed E-state index contributed by atoms with van der Waals surface area (Å²) >= 11 is 0. The van der Waals surface area contributed by atoms with Crippen LogP contribution in [0.4, 0.5) is 8.78 Å². The number of ether oxygens (including phenoxy) is 2. The Kier molecular flexibility index (Phi) is 7.20. The molecule has 26 heavy (non-hydrogen) atoms. The molecule has 0 spiro atoms. The predicted molar refractivity (Wildman–Crippen MR) is 96.0 cm³/mol. The number of carbonyl (C=O) groups is 1. The third-order valence-corrected chi connectivity index (χ3v) is 4.60. The van der Waals surface area contributed by atoms with Gasteiger partial charge in [-0.05, 0) is 25.0 Å². The average molecular weight is 391 g/mol. The molecule has 0 aliphatic carbocycles. The van der Waals surface area contributed by atoms with Gasteiger partial charge in [-0.2, -0.15) is 0 Å². The van der Waals surface area contributed by atoms with Crippen LogP contribution in [0.25, 0.3) is 0 Å². The second-order valence-corrected chi connectivity index (χ2v) is 6.86. The van der Waals surface area contributed by atoms with E-state index in [0.717, 1.165) is 29.9 Å². The van der Waals surface area contributed by atoms with Crippen molar-refractivity contribution < 1.29 is 23.0 Å². The molecule has 0 saturated carbocycles. The minimum atomic E-state index is -2.82. The topological polar surface area (TPSA) is 59.6 Å². The van der Waals surface area contributed by atoms with Gasteiger partial charge < -0.3 is 14.8 Å². The van der Waals surface area contributed by atoms with Gasteiger partial charge in [0.2, 0.25) is 5.91 Å². The smallest absolute Gasteiger partial charge is 0.262 e. The Balaban J connectivity index is 0.00000243. The van der Waals surface area contributed by atoms with Gasteiger partial charge in [0.25, 0.3) is 5.92 Å². The number of carbonyl (C=O) groups excluding carboxylic acids is 1. The van der Waals surface area contributed by atoms with Crippen LogP contribution < -0.4 is 15.4 Å². The molecular formula is C18H25ClF2N2O3. The summed E-state index contributed by atoms with van der Waals surface area (Å²) in [6.45, 7) is 3.81. The zero-order chi connectivity index (χ0) is 17.9. The van der Waals surface area contributed by atoms with E-state index < -0.39 is 30.8 Å². The second-order valence-electron chi connectivity index (χ2n) is 6.86. The maximum absolute atomic E-state index is 13.2. The number of alkyl halides is 2. The van der Waals surface area contributed by atoms with Crippen molar-refractivity contribution in [1.29, 1.82) is 0 Å². The Morgan fingerprint density at radius 3 is 2.92 bits per heavy atom. The fraction of sp³-hybridized carbons (Fsp3) is 0.611. The van der Waals surface area contributed by atoms with Crippen LogP contribution in [0.15, 0.2) is 18.2 Å². The highest BCUT2D eigenvalue weighted by molar-refractivity contribution is 5.85. The Hall–Kier alpha value is -1.44. The van der Waals surface area contributed by atoms with Gasteiger partial charge in [-0.25, -0.2) is 8.78 Å². The van der Waals surface area contributed by atoms with E-state index in [4.69, 9.17) is 9.47 Å². The molecule has 2 saturated heterocycles. The van der Waals surface area contributed by atoms with Crippen molar-refractivity contribution in [3.05, 3.63) is 29.3 Å². The van der Waals surface area contributed by atoms with Crippen LogP contribution in [0.2, 0.25) is 0 Å².